The van der Waals surface area contributed by atoms with Crippen molar-refractivity contribution in [2.24, 2.45) is 0 Å². The number of ether oxygens (including phenoxy) is 1. The third-order valence-electron chi connectivity index (χ3n) is 4.23. The van der Waals surface area contributed by atoms with Gasteiger partial charge in [0.15, 0.2) is 0 Å². The Morgan fingerprint density at radius 1 is 1.50 bits per heavy atom. The van der Waals surface area contributed by atoms with Gasteiger partial charge in [-0.05, 0) is 31.1 Å². The third-order valence-corrected chi connectivity index (χ3v) is 5.37. The van der Waals surface area contributed by atoms with Gasteiger partial charge in [0.25, 0.3) is 5.91 Å². The van der Waals surface area contributed by atoms with Crippen molar-refractivity contribution >= 4 is 23.6 Å². The number of hydrogen-bond donors (Lipinski definition) is 1. The van der Waals surface area contributed by atoms with Gasteiger partial charge < -0.3 is 15.0 Å². The van der Waals surface area contributed by atoms with E-state index in [1.807, 2.05) is 16.7 Å². The SMILES string of the molecule is O=C(NCCCN1CCCC1=O)c1ccnc(O[C@H]2CCSC2)c1. The van der Waals surface area contributed by atoms with Crippen molar-refractivity contribution < 1.29 is 14.3 Å². The molecule has 0 unspecified atom stereocenters. The Bertz CT molecular complexity index is 590. The third kappa shape index (κ3) is 4.63. The molecule has 130 valence electrons. The van der Waals surface area contributed by atoms with Crippen molar-refractivity contribution in [3.8, 4) is 5.88 Å². The fourth-order valence-corrected chi connectivity index (χ4v) is 4.00. The van der Waals surface area contributed by atoms with Gasteiger partial charge in [0.1, 0.15) is 6.10 Å². The van der Waals surface area contributed by atoms with Crippen LogP contribution in [0.1, 0.15) is 36.0 Å². The predicted octanol–water partition coefficient (Wildman–Crippen LogP) is 1.71. The second-order valence-electron chi connectivity index (χ2n) is 6.08. The van der Waals surface area contributed by atoms with Gasteiger partial charge in [-0.25, -0.2) is 4.98 Å². The number of hydrogen-bond acceptors (Lipinski definition) is 5. The Morgan fingerprint density at radius 2 is 2.42 bits per heavy atom. The van der Waals surface area contributed by atoms with Crippen molar-refractivity contribution in [1.82, 2.24) is 15.2 Å². The van der Waals surface area contributed by atoms with Gasteiger partial charge in [0.05, 0.1) is 0 Å². The van der Waals surface area contributed by atoms with Gasteiger partial charge in [-0.3, -0.25) is 9.59 Å². The molecule has 2 aliphatic rings. The van der Waals surface area contributed by atoms with Crippen LogP contribution >= 0.6 is 11.8 Å². The average molecular weight is 349 g/mol. The van der Waals surface area contributed by atoms with Gasteiger partial charge in [0, 0.05) is 49.6 Å². The first-order valence-corrected chi connectivity index (χ1v) is 9.64. The highest BCUT2D eigenvalue weighted by Crippen LogP contribution is 2.22. The first kappa shape index (κ1) is 17.1. The highest BCUT2D eigenvalue weighted by Gasteiger charge is 2.20. The smallest absolute Gasteiger partial charge is 0.251 e. The Balaban J connectivity index is 1.43. The molecule has 1 aromatic heterocycles. The molecule has 1 aromatic rings. The molecule has 3 heterocycles. The van der Waals surface area contributed by atoms with Gasteiger partial charge in [-0.2, -0.15) is 11.8 Å². The summed E-state index contributed by atoms with van der Waals surface area (Å²) in [7, 11) is 0. The zero-order valence-corrected chi connectivity index (χ0v) is 14.5. The van der Waals surface area contributed by atoms with E-state index in [2.05, 4.69) is 10.3 Å². The number of rotatable bonds is 7. The van der Waals surface area contributed by atoms with E-state index in [0.29, 0.717) is 31.0 Å². The van der Waals surface area contributed by atoms with Crippen molar-refractivity contribution in [3.63, 3.8) is 0 Å². The first-order valence-electron chi connectivity index (χ1n) is 8.49. The predicted molar refractivity (Wildman–Crippen MR) is 93.4 cm³/mol. The van der Waals surface area contributed by atoms with Crippen molar-refractivity contribution in [3.05, 3.63) is 23.9 Å². The van der Waals surface area contributed by atoms with Crippen LogP contribution in [0.5, 0.6) is 5.88 Å². The van der Waals surface area contributed by atoms with Crippen LogP contribution in [-0.2, 0) is 4.79 Å². The summed E-state index contributed by atoms with van der Waals surface area (Å²) >= 11 is 1.88. The summed E-state index contributed by atoms with van der Waals surface area (Å²) in [6.07, 6.45) is 5.20. The molecule has 1 atom stereocenters. The zero-order valence-electron chi connectivity index (χ0n) is 13.7. The van der Waals surface area contributed by atoms with E-state index in [1.165, 1.54) is 0 Å². The van der Waals surface area contributed by atoms with Crippen LogP contribution < -0.4 is 10.1 Å². The van der Waals surface area contributed by atoms with Crippen LogP contribution in [0, 0.1) is 0 Å². The average Bonchev–Trinajstić information content (AvgIpc) is 3.24. The van der Waals surface area contributed by atoms with Crippen LogP contribution in [0.4, 0.5) is 0 Å². The summed E-state index contributed by atoms with van der Waals surface area (Å²) in [6, 6.07) is 3.39. The summed E-state index contributed by atoms with van der Waals surface area (Å²) in [5, 5.41) is 2.89. The quantitative estimate of drug-likeness (QED) is 0.759. The van der Waals surface area contributed by atoms with Crippen LogP contribution in [-0.4, -0.2) is 58.9 Å². The highest BCUT2D eigenvalue weighted by atomic mass is 32.2. The molecule has 0 aliphatic carbocycles. The number of aromatic nitrogens is 1. The summed E-state index contributed by atoms with van der Waals surface area (Å²) in [5.41, 5.74) is 0.558. The molecule has 1 N–H and O–H groups in total. The maximum absolute atomic E-state index is 12.2. The lowest BCUT2D eigenvalue weighted by Gasteiger charge is -2.15. The standard InChI is InChI=1S/C17H23N3O3S/c21-16-3-1-8-20(16)9-2-6-19-17(22)13-4-7-18-15(11-13)23-14-5-10-24-12-14/h4,7,11,14H,1-3,5-6,8-10,12H2,(H,19,22)/t14-/m0/s1. The van der Waals surface area contributed by atoms with E-state index in [9.17, 15) is 9.59 Å². The number of likely N-dealkylation sites (tertiary alicyclic amines) is 1. The van der Waals surface area contributed by atoms with Crippen LogP contribution in [0.2, 0.25) is 0 Å². The Labute approximate surface area is 146 Å². The lowest BCUT2D eigenvalue weighted by Crippen LogP contribution is -2.30. The van der Waals surface area contributed by atoms with E-state index in [-0.39, 0.29) is 17.9 Å². The second-order valence-corrected chi connectivity index (χ2v) is 7.23. The number of nitrogens with one attached hydrogen (secondary N) is 1. The summed E-state index contributed by atoms with van der Waals surface area (Å²) in [5.74, 6) is 2.70. The molecule has 2 amide bonds. The number of amides is 2. The fraction of sp³-hybridized carbons (Fsp3) is 0.588. The topological polar surface area (TPSA) is 71.5 Å². The van der Waals surface area contributed by atoms with Gasteiger partial charge in [0.2, 0.25) is 11.8 Å². The lowest BCUT2D eigenvalue weighted by molar-refractivity contribution is -0.127. The molecule has 0 saturated carbocycles. The molecular formula is C17H23N3O3S. The van der Waals surface area contributed by atoms with Gasteiger partial charge >= 0.3 is 0 Å². The first-order chi connectivity index (χ1) is 11.7. The van der Waals surface area contributed by atoms with E-state index < -0.39 is 0 Å². The lowest BCUT2D eigenvalue weighted by atomic mass is 10.2. The number of carbonyl (C=O) groups is 2. The van der Waals surface area contributed by atoms with Gasteiger partial charge in [-0.15, -0.1) is 0 Å². The molecule has 2 saturated heterocycles. The van der Waals surface area contributed by atoms with Crippen molar-refractivity contribution in [2.45, 2.75) is 31.8 Å². The summed E-state index contributed by atoms with van der Waals surface area (Å²) in [6.45, 7) is 2.11. The molecule has 6 nitrogen and oxygen atoms in total. The van der Waals surface area contributed by atoms with E-state index in [1.54, 1.807) is 18.3 Å². The summed E-state index contributed by atoms with van der Waals surface area (Å²) < 4.78 is 5.81. The Kier molecular flexibility index (Phi) is 5.96. The van der Waals surface area contributed by atoms with Gasteiger partial charge in [-0.1, -0.05) is 0 Å². The molecule has 0 bridgehead atoms. The largest absolute Gasteiger partial charge is 0.473 e. The van der Waals surface area contributed by atoms with E-state index in [0.717, 1.165) is 37.3 Å². The minimum atomic E-state index is -0.129. The Hall–Kier alpha value is -1.76. The maximum atomic E-state index is 12.2. The highest BCUT2D eigenvalue weighted by molar-refractivity contribution is 7.99. The second kappa shape index (κ2) is 8.37. The minimum absolute atomic E-state index is 0.129. The minimum Gasteiger partial charge on any atom is -0.473 e. The molecule has 24 heavy (non-hydrogen) atoms. The summed E-state index contributed by atoms with van der Waals surface area (Å²) in [4.78, 5) is 29.8. The molecule has 0 radical (unpaired) electrons. The molecular weight excluding hydrogens is 326 g/mol. The van der Waals surface area contributed by atoms with Crippen LogP contribution in [0.3, 0.4) is 0 Å². The van der Waals surface area contributed by atoms with Crippen LogP contribution in [0.25, 0.3) is 0 Å². The normalized spacial score (nSPS) is 20.4. The molecule has 3 rings (SSSR count). The number of carbonyl (C=O) groups excluding carboxylic acids is 2. The maximum Gasteiger partial charge on any atom is 0.251 e. The molecule has 0 spiro atoms. The molecule has 7 heteroatoms. The van der Waals surface area contributed by atoms with E-state index in [4.69, 9.17) is 4.74 Å². The molecule has 2 fully saturated rings. The van der Waals surface area contributed by atoms with E-state index >= 15 is 0 Å². The number of pyridine rings is 1. The number of thioether (sulfide) groups is 1. The Morgan fingerprint density at radius 3 is 3.17 bits per heavy atom. The van der Waals surface area contributed by atoms with Crippen LogP contribution in [0.15, 0.2) is 18.3 Å². The fourth-order valence-electron chi connectivity index (χ4n) is 2.91. The molecule has 2 aliphatic heterocycles. The van der Waals surface area contributed by atoms with Crippen molar-refractivity contribution in [1.29, 1.82) is 0 Å². The number of nitrogens with zero attached hydrogens (tertiary/aromatic N) is 2. The molecule has 0 aromatic carbocycles. The zero-order chi connectivity index (χ0) is 16.8. The monoisotopic (exact) mass is 349 g/mol. The van der Waals surface area contributed by atoms with Crippen molar-refractivity contribution in [2.75, 3.05) is 31.1 Å².